The Bertz CT molecular complexity index is 737. The summed E-state index contributed by atoms with van der Waals surface area (Å²) in [6.07, 6.45) is 2.57. The minimum absolute atomic E-state index is 0.0764. The van der Waals surface area contributed by atoms with Gasteiger partial charge in [-0.25, -0.2) is 0 Å². The zero-order valence-electron chi connectivity index (χ0n) is 18.3. The van der Waals surface area contributed by atoms with Crippen LogP contribution in [0.1, 0.15) is 65.0 Å². The number of hydrogen-bond acceptors (Lipinski definition) is 5. The number of ether oxygens (including phenoxy) is 2. The van der Waals surface area contributed by atoms with Crippen molar-refractivity contribution in [1.82, 2.24) is 0 Å². The summed E-state index contributed by atoms with van der Waals surface area (Å²) in [5, 5.41) is 9.02. The van der Waals surface area contributed by atoms with Crippen LogP contribution in [0.15, 0.2) is 24.3 Å². The zero-order valence-corrected chi connectivity index (χ0v) is 18.3. The fraction of sp³-hybridized carbons (Fsp3) is 0.625. The van der Waals surface area contributed by atoms with E-state index >= 15 is 0 Å². The molecule has 0 amide bonds. The lowest BCUT2D eigenvalue weighted by atomic mass is 9.78. The van der Waals surface area contributed by atoms with Crippen LogP contribution in [-0.2, 0) is 25.5 Å². The van der Waals surface area contributed by atoms with Crippen LogP contribution in [0.5, 0.6) is 0 Å². The maximum Gasteiger partial charge on any atom is 0.323 e. The molecule has 1 saturated carbocycles. The quantitative estimate of drug-likeness (QED) is 0.492. The molecule has 2 atom stereocenters. The lowest BCUT2D eigenvalue weighted by Gasteiger charge is -2.28. The summed E-state index contributed by atoms with van der Waals surface area (Å²) in [5.41, 5.74) is 0.585. The van der Waals surface area contributed by atoms with Gasteiger partial charge in [0.25, 0.3) is 0 Å². The highest BCUT2D eigenvalue weighted by molar-refractivity contribution is 6.00. The molecule has 1 aromatic carbocycles. The second-order valence-corrected chi connectivity index (χ2v) is 9.23. The van der Waals surface area contributed by atoms with Gasteiger partial charge in [-0.05, 0) is 74.5 Å². The van der Waals surface area contributed by atoms with Crippen molar-refractivity contribution >= 4 is 11.9 Å². The molecule has 1 aromatic rings. The van der Waals surface area contributed by atoms with E-state index < -0.39 is 17.4 Å². The van der Waals surface area contributed by atoms with Crippen LogP contribution < -0.4 is 0 Å². The molecule has 0 N–H and O–H groups in total. The third-order valence-corrected chi connectivity index (χ3v) is 5.68. The molecule has 2 rings (SSSR count). The van der Waals surface area contributed by atoms with Crippen LogP contribution in [0.4, 0.5) is 0 Å². The van der Waals surface area contributed by atoms with E-state index in [-0.39, 0.29) is 30.5 Å². The van der Waals surface area contributed by atoms with Crippen LogP contribution in [0.25, 0.3) is 0 Å². The van der Waals surface area contributed by atoms with Gasteiger partial charge in [-0.3, -0.25) is 9.59 Å². The highest BCUT2D eigenvalue weighted by Gasteiger charge is 2.57. The van der Waals surface area contributed by atoms with Crippen molar-refractivity contribution in [2.24, 2.45) is 22.7 Å². The van der Waals surface area contributed by atoms with Crippen LogP contribution in [-0.4, -0.2) is 25.2 Å². The van der Waals surface area contributed by atoms with Crippen molar-refractivity contribution in [2.45, 2.75) is 60.3 Å². The van der Waals surface area contributed by atoms with Crippen molar-refractivity contribution in [2.75, 3.05) is 13.2 Å². The average molecular weight is 400 g/mol. The number of carbonyl (C=O) groups excluding carboxylic acids is 2. The number of esters is 2. The molecule has 1 aliphatic carbocycles. The second kappa shape index (κ2) is 9.43. The van der Waals surface area contributed by atoms with E-state index in [2.05, 4.69) is 26.8 Å². The number of carbonyl (C=O) groups is 2. The summed E-state index contributed by atoms with van der Waals surface area (Å²) in [6.45, 7) is 10.5. The Balaban J connectivity index is 2.36. The van der Waals surface area contributed by atoms with Crippen molar-refractivity contribution < 1.29 is 19.1 Å². The van der Waals surface area contributed by atoms with Gasteiger partial charge in [-0.1, -0.05) is 32.9 Å². The van der Waals surface area contributed by atoms with Gasteiger partial charge in [0, 0.05) is 0 Å². The molecule has 0 radical (unpaired) electrons. The molecule has 5 nitrogen and oxygen atoms in total. The fourth-order valence-electron chi connectivity index (χ4n) is 4.55. The largest absolute Gasteiger partial charge is 0.465 e. The van der Waals surface area contributed by atoms with E-state index in [1.807, 2.05) is 24.3 Å². The summed E-state index contributed by atoms with van der Waals surface area (Å²) in [4.78, 5) is 25.8. The molecule has 5 heteroatoms. The average Bonchev–Trinajstić information content (AvgIpc) is 3.00. The lowest BCUT2D eigenvalue weighted by Crippen LogP contribution is -2.40. The minimum Gasteiger partial charge on any atom is -0.465 e. The van der Waals surface area contributed by atoms with Gasteiger partial charge in [0.2, 0.25) is 0 Å². The predicted octanol–water partition coefficient (Wildman–Crippen LogP) is 4.68. The van der Waals surface area contributed by atoms with Crippen molar-refractivity contribution in [1.29, 1.82) is 5.26 Å². The summed E-state index contributed by atoms with van der Waals surface area (Å²) in [5.74, 6) is -0.546. The number of nitrogens with zero attached hydrogens (tertiary/aromatic N) is 1. The highest BCUT2D eigenvalue weighted by atomic mass is 16.6. The zero-order chi connectivity index (χ0) is 21.7. The summed E-state index contributed by atoms with van der Waals surface area (Å²) in [7, 11) is 0. The maximum atomic E-state index is 12.9. The third kappa shape index (κ3) is 5.59. The second-order valence-electron chi connectivity index (χ2n) is 9.23. The molecule has 0 saturated heterocycles. The topological polar surface area (TPSA) is 76.4 Å². The van der Waals surface area contributed by atoms with Gasteiger partial charge < -0.3 is 9.47 Å². The smallest absolute Gasteiger partial charge is 0.323 e. The number of benzene rings is 1. The first-order valence-electron chi connectivity index (χ1n) is 10.5. The Kier molecular flexibility index (Phi) is 7.46. The highest BCUT2D eigenvalue weighted by Crippen LogP contribution is 2.52. The van der Waals surface area contributed by atoms with E-state index in [1.165, 1.54) is 0 Å². The molecule has 29 heavy (non-hydrogen) atoms. The fourth-order valence-corrected chi connectivity index (χ4v) is 4.55. The van der Waals surface area contributed by atoms with Crippen LogP contribution in [0.2, 0.25) is 0 Å². The van der Waals surface area contributed by atoms with E-state index in [9.17, 15) is 9.59 Å². The van der Waals surface area contributed by atoms with Crippen molar-refractivity contribution in [3.63, 3.8) is 0 Å². The number of nitriles is 1. The first-order valence-corrected chi connectivity index (χ1v) is 10.5. The Labute approximate surface area is 174 Å². The molecule has 1 aliphatic rings. The molecule has 0 aliphatic heterocycles. The first-order chi connectivity index (χ1) is 13.6. The predicted molar refractivity (Wildman–Crippen MR) is 111 cm³/mol. The van der Waals surface area contributed by atoms with Crippen LogP contribution in [0.3, 0.4) is 0 Å². The monoisotopic (exact) mass is 399 g/mol. The summed E-state index contributed by atoms with van der Waals surface area (Å²) >= 11 is 0. The molecular weight excluding hydrogens is 366 g/mol. The van der Waals surface area contributed by atoms with Crippen molar-refractivity contribution in [3.8, 4) is 6.07 Å². The van der Waals surface area contributed by atoms with Gasteiger partial charge in [0.1, 0.15) is 0 Å². The maximum absolute atomic E-state index is 12.9. The summed E-state index contributed by atoms with van der Waals surface area (Å²) < 4.78 is 10.7. The van der Waals surface area contributed by atoms with Crippen LogP contribution in [0, 0.1) is 34.0 Å². The number of hydrogen-bond donors (Lipinski definition) is 0. The number of rotatable bonds is 7. The SMILES string of the molecule is CCOC(=O)C1(C(=O)OCC)C[C@@H](CC(C)(C)C)[C@@H](Cc2ccc(C#N)cc2)C1. The van der Waals surface area contributed by atoms with E-state index in [1.54, 1.807) is 13.8 Å². The molecule has 0 spiro atoms. The van der Waals surface area contributed by atoms with E-state index in [0.717, 1.165) is 18.4 Å². The van der Waals surface area contributed by atoms with E-state index in [4.69, 9.17) is 14.7 Å². The molecule has 0 heterocycles. The molecule has 0 aromatic heterocycles. The Morgan fingerprint density at radius 1 is 1.03 bits per heavy atom. The van der Waals surface area contributed by atoms with Gasteiger partial charge in [0.05, 0.1) is 24.8 Å². The molecule has 158 valence electrons. The molecular formula is C24H33NO4. The standard InChI is InChI=1S/C24H33NO4/c1-6-28-21(26)24(22(27)29-7-2)14-19(20(15-24)13-23(3,4)5)12-17-8-10-18(16-25)11-9-17/h8-11,19-20H,6-7,12-15H2,1-5H3/t19-,20+/m0/s1. The lowest BCUT2D eigenvalue weighted by molar-refractivity contribution is -0.172. The first kappa shape index (κ1) is 22.9. The third-order valence-electron chi connectivity index (χ3n) is 5.68. The normalized spacial score (nSPS) is 20.7. The van der Waals surface area contributed by atoms with Crippen molar-refractivity contribution in [3.05, 3.63) is 35.4 Å². The Hall–Kier alpha value is -2.35. The summed E-state index contributed by atoms with van der Waals surface area (Å²) in [6, 6.07) is 9.68. The Morgan fingerprint density at radius 2 is 1.55 bits per heavy atom. The van der Waals surface area contributed by atoms with Gasteiger partial charge in [-0.15, -0.1) is 0 Å². The van der Waals surface area contributed by atoms with Gasteiger partial charge in [-0.2, -0.15) is 5.26 Å². The molecule has 0 unspecified atom stereocenters. The molecule has 1 fully saturated rings. The molecule has 0 bridgehead atoms. The van der Waals surface area contributed by atoms with Crippen LogP contribution >= 0.6 is 0 Å². The minimum atomic E-state index is -1.22. The van der Waals surface area contributed by atoms with E-state index in [0.29, 0.717) is 18.4 Å². The Morgan fingerprint density at radius 3 is 2.00 bits per heavy atom. The van der Waals surface area contributed by atoms with Gasteiger partial charge >= 0.3 is 11.9 Å². The van der Waals surface area contributed by atoms with Gasteiger partial charge in [0.15, 0.2) is 5.41 Å².